The Labute approximate surface area is 147 Å². The van der Waals surface area contributed by atoms with E-state index < -0.39 is 12.0 Å². The first-order valence-electron chi connectivity index (χ1n) is 7.52. The minimum Gasteiger partial charge on any atom is -0.335 e. The summed E-state index contributed by atoms with van der Waals surface area (Å²) in [5, 5.41) is 8.83. The van der Waals surface area contributed by atoms with Gasteiger partial charge in [0.25, 0.3) is 5.82 Å². The van der Waals surface area contributed by atoms with Crippen LogP contribution in [-0.2, 0) is 11.0 Å². The van der Waals surface area contributed by atoms with Gasteiger partial charge in [0.1, 0.15) is 0 Å². The molecule has 0 saturated heterocycles. The highest BCUT2D eigenvalue weighted by molar-refractivity contribution is 7.99. The van der Waals surface area contributed by atoms with Gasteiger partial charge in [-0.25, -0.2) is 4.68 Å². The van der Waals surface area contributed by atoms with Crippen molar-refractivity contribution in [1.29, 1.82) is 0 Å². The molecule has 0 unspecified atom stereocenters. The Kier molecular flexibility index (Phi) is 5.93. The monoisotopic (exact) mass is 373 g/mol. The maximum absolute atomic E-state index is 12.6. The zero-order valence-electron chi connectivity index (χ0n) is 13.7. The van der Waals surface area contributed by atoms with Crippen LogP contribution in [0, 0.1) is 0 Å². The second-order valence-corrected chi connectivity index (χ2v) is 6.38. The number of thioether (sulfide) groups is 1. The zero-order chi connectivity index (χ0) is 18.6. The molecule has 0 spiro atoms. The summed E-state index contributed by atoms with van der Waals surface area (Å²) in [4.78, 5) is 11.9. The highest BCUT2D eigenvalue weighted by Gasteiger charge is 2.38. The summed E-state index contributed by atoms with van der Waals surface area (Å²) in [6.45, 7) is 4.21. The van der Waals surface area contributed by atoms with Gasteiger partial charge in [-0.05, 0) is 30.0 Å². The van der Waals surface area contributed by atoms with E-state index in [0.717, 1.165) is 18.2 Å². The van der Waals surface area contributed by atoms with Crippen molar-refractivity contribution in [3.63, 3.8) is 0 Å². The van der Waals surface area contributed by atoms with E-state index in [1.807, 2.05) is 12.1 Å². The lowest BCUT2D eigenvalue weighted by Crippen LogP contribution is -2.22. The zero-order valence-corrected chi connectivity index (χ0v) is 14.5. The lowest BCUT2D eigenvalue weighted by molar-refractivity contribution is -0.146. The number of rotatable bonds is 6. The molecule has 1 atom stereocenters. The third kappa shape index (κ3) is 4.88. The minimum atomic E-state index is -4.69. The molecular formula is C15H18F3N5OS. The van der Waals surface area contributed by atoms with Crippen molar-refractivity contribution in [2.75, 3.05) is 16.9 Å². The quantitative estimate of drug-likeness (QED) is 0.600. The summed E-state index contributed by atoms with van der Waals surface area (Å²) in [6, 6.07) is 7.45. The maximum Gasteiger partial charge on any atom is 0.453 e. The molecule has 1 amide bonds. The fourth-order valence-electron chi connectivity index (χ4n) is 2.03. The molecule has 1 heterocycles. The Morgan fingerprint density at radius 3 is 2.48 bits per heavy atom. The number of carbonyl (C=O) groups is 1. The summed E-state index contributed by atoms with van der Waals surface area (Å²) in [5.74, 6) is 3.91. The van der Waals surface area contributed by atoms with Crippen LogP contribution in [0.1, 0.15) is 37.6 Å². The van der Waals surface area contributed by atoms with Gasteiger partial charge in [-0.15, -0.1) is 10.2 Å². The van der Waals surface area contributed by atoms with Crippen LogP contribution in [0.5, 0.6) is 0 Å². The Balaban J connectivity index is 1.92. The smallest absolute Gasteiger partial charge is 0.335 e. The van der Waals surface area contributed by atoms with E-state index in [1.165, 1.54) is 5.56 Å². The molecule has 3 N–H and O–H groups in total. The number of nitrogens with one attached hydrogen (secondary N) is 1. The molecule has 0 aliphatic carbocycles. The number of carbonyl (C=O) groups excluding carboxylic acids is 1. The van der Waals surface area contributed by atoms with Gasteiger partial charge in [-0.3, -0.25) is 4.79 Å². The molecule has 25 heavy (non-hydrogen) atoms. The fraction of sp³-hybridized carbons (Fsp3) is 0.400. The van der Waals surface area contributed by atoms with Crippen LogP contribution >= 0.6 is 11.8 Å². The molecule has 0 bridgehead atoms. The molecule has 2 rings (SSSR count). The number of nitrogens with zero attached hydrogens (tertiary/aromatic N) is 3. The lowest BCUT2D eigenvalue weighted by atomic mass is 9.99. The number of anilines is 1. The Bertz CT molecular complexity index is 730. The van der Waals surface area contributed by atoms with Crippen molar-refractivity contribution >= 4 is 23.4 Å². The molecule has 0 saturated carbocycles. The third-order valence-corrected chi connectivity index (χ3v) is 4.57. The van der Waals surface area contributed by atoms with E-state index in [-0.39, 0.29) is 16.8 Å². The van der Waals surface area contributed by atoms with E-state index in [1.54, 1.807) is 12.1 Å². The normalized spacial score (nSPS) is 12.8. The van der Waals surface area contributed by atoms with Crippen LogP contribution in [0.15, 0.2) is 29.4 Å². The van der Waals surface area contributed by atoms with Gasteiger partial charge < -0.3 is 11.2 Å². The van der Waals surface area contributed by atoms with Gasteiger partial charge in [0.2, 0.25) is 11.1 Å². The number of nitrogen functional groups attached to an aromatic ring is 1. The highest BCUT2D eigenvalue weighted by atomic mass is 32.2. The van der Waals surface area contributed by atoms with Gasteiger partial charge in [-0.2, -0.15) is 13.2 Å². The number of benzene rings is 1. The van der Waals surface area contributed by atoms with Gasteiger partial charge >= 0.3 is 6.18 Å². The molecule has 0 aliphatic heterocycles. The SMILES string of the molecule is CC[C@@H](C)c1ccc(NC(=O)CSc2nnc(C(F)(F)F)n2N)cc1. The van der Waals surface area contributed by atoms with Gasteiger partial charge in [-0.1, -0.05) is 37.7 Å². The van der Waals surface area contributed by atoms with E-state index in [2.05, 4.69) is 29.4 Å². The minimum absolute atomic E-state index is 0.139. The average Bonchev–Trinajstić information content (AvgIpc) is 2.94. The van der Waals surface area contributed by atoms with Crippen molar-refractivity contribution < 1.29 is 18.0 Å². The largest absolute Gasteiger partial charge is 0.453 e. The molecule has 10 heteroatoms. The number of hydrogen-bond donors (Lipinski definition) is 2. The topological polar surface area (TPSA) is 85.8 Å². The van der Waals surface area contributed by atoms with Crippen molar-refractivity contribution in [2.24, 2.45) is 0 Å². The van der Waals surface area contributed by atoms with E-state index in [4.69, 9.17) is 5.84 Å². The van der Waals surface area contributed by atoms with Crippen LogP contribution in [0.3, 0.4) is 0 Å². The molecular weight excluding hydrogens is 355 g/mol. The first-order valence-corrected chi connectivity index (χ1v) is 8.51. The van der Waals surface area contributed by atoms with Crippen LogP contribution in [-0.4, -0.2) is 26.5 Å². The number of amides is 1. The first-order chi connectivity index (χ1) is 11.7. The number of nitrogens with two attached hydrogens (primary N) is 1. The second kappa shape index (κ2) is 7.77. The van der Waals surface area contributed by atoms with Crippen LogP contribution in [0.25, 0.3) is 0 Å². The number of alkyl halides is 3. The maximum atomic E-state index is 12.6. The molecule has 0 radical (unpaired) electrons. The molecule has 1 aromatic heterocycles. The predicted molar refractivity (Wildman–Crippen MR) is 89.7 cm³/mol. The third-order valence-electron chi connectivity index (χ3n) is 3.63. The van der Waals surface area contributed by atoms with Crippen molar-refractivity contribution in [2.45, 2.75) is 37.5 Å². The number of halogens is 3. The standard InChI is InChI=1S/C15H18F3N5OS/c1-3-9(2)10-4-6-11(7-5-10)20-12(24)8-25-14-22-21-13(23(14)19)15(16,17)18/h4-7,9H,3,8,19H2,1-2H3,(H,20,24)/t9-/m1/s1. The highest BCUT2D eigenvalue weighted by Crippen LogP contribution is 2.29. The Morgan fingerprint density at radius 1 is 1.32 bits per heavy atom. The van der Waals surface area contributed by atoms with Crippen LogP contribution in [0.2, 0.25) is 0 Å². The molecule has 136 valence electrons. The summed E-state index contributed by atoms with van der Waals surface area (Å²) in [5.41, 5.74) is 1.79. The molecule has 2 aromatic rings. The molecule has 6 nitrogen and oxygen atoms in total. The van der Waals surface area contributed by atoms with Crippen molar-refractivity contribution in [3.05, 3.63) is 35.7 Å². The second-order valence-electron chi connectivity index (χ2n) is 5.44. The molecule has 1 aromatic carbocycles. The van der Waals surface area contributed by atoms with Crippen molar-refractivity contribution in [3.8, 4) is 0 Å². The van der Waals surface area contributed by atoms with Gasteiger partial charge in [0.15, 0.2) is 0 Å². The number of aromatic nitrogens is 3. The fourth-order valence-corrected chi connectivity index (χ4v) is 2.68. The van der Waals surface area contributed by atoms with Crippen LogP contribution in [0.4, 0.5) is 18.9 Å². The molecule has 0 fully saturated rings. The number of hydrogen-bond acceptors (Lipinski definition) is 5. The van der Waals surface area contributed by atoms with E-state index >= 15 is 0 Å². The van der Waals surface area contributed by atoms with E-state index in [9.17, 15) is 18.0 Å². The van der Waals surface area contributed by atoms with Gasteiger partial charge in [0, 0.05) is 5.69 Å². The summed E-state index contributed by atoms with van der Waals surface area (Å²) < 4.78 is 38.0. The van der Waals surface area contributed by atoms with Crippen LogP contribution < -0.4 is 11.2 Å². The Hall–Kier alpha value is -2.23. The van der Waals surface area contributed by atoms with Crippen molar-refractivity contribution in [1.82, 2.24) is 14.9 Å². The lowest BCUT2D eigenvalue weighted by Gasteiger charge is -2.10. The average molecular weight is 373 g/mol. The summed E-state index contributed by atoms with van der Waals surface area (Å²) in [6.07, 6.45) is -3.68. The van der Waals surface area contributed by atoms with Gasteiger partial charge in [0.05, 0.1) is 5.75 Å². The van der Waals surface area contributed by atoms with E-state index in [0.29, 0.717) is 16.3 Å². The first kappa shape index (κ1) is 19.1. The predicted octanol–water partition coefficient (Wildman–Crippen LogP) is 3.26. The summed E-state index contributed by atoms with van der Waals surface area (Å²) in [7, 11) is 0. The summed E-state index contributed by atoms with van der Waals surface area (Å²) >= 11 is 0.775. The Morgan fingerprint density at radius 2 is 1.96 bits per heavy atom. The molecule has 0 aliphatic rings.